The highest BCUT2D eigenvalue weighted by atomic mass is 31.2. The predicted molar refractivity (Wildman–Crippen MR) is 124 cm³/mol. The van der Waals surface area contributed by atoms with E-state index in [0.29, 0.717) is 11.9 Å². The van der Waals surface area contributed by atoms with Gasteiger partial charge in [-0.25, -0.2) is 0 Å². The molecule has 3 aromatic rings. The van der Waals surface area contributed by atoms with Gasteiger partial charge in [0.05, 0.1) is 6.61 Å². The standard InChI is InChI=1S/C24H29N2O2P/c1-5-28-29(27,23-17-15-22(16-18-23)26(3)4)24(20-13-11-19(2)12-14-20)25-21-9-7-6-8-10-21/h6-18,24-25H,5H2,1-4H3/t24-,29-/m1/s1. The predicted octanol–water partition coefficient (Wildman–Crippen LogP) is 5.81. The van der Waals surface area contributed by atoms with Gasteiger partial charge in [-0.15, -0.1) is 0 Å². The summed E-state index contributed by atoms with van der Waals surface area (Å²) >= 11 is 0. The van der Waals surface area contributed by atoms with E-state index >= 15 is 0 Å². The summed E-state index contributed by atoms with van der Waals surface area (Å²) in [5.74, 6) is -0.490. The number of hydrogen-bond donors (Lipinski definition) is 1. The van der Waals surface area contributed by atoms with Crippen molar-refractivity contribution in [2.24, 2.45) is 0 Å². The van der Waals surface area contributed by atoms with Gasteiger partial charge in [-0.2, -0.15) is 0 Å². The first-order valence-electron chi connectivity index (χ1n) is 9.84. The molecule has 3 aromatic carbocycles. The Hall–Kier alpha value is -2.55. The van der Waals surface area contributed by atoms with Gasteiger partial charge in [0.15, 0.2) is 0 Å². The maximum Gasteiger partial charge on any atom is 0.258 e. The number of hydrogen-bond acceptors (Lipinski definition) is 4. The number of anilines is 2. The molecule has 0 bridgehead atoms. The van der Waals surface area contributed by atoms with Gasteiger partial charge in [0.25, 0.3) is 7.37 Å². The zero-order valence-electron chi connectivity index (χ0n) is 17.5. The quantitative estimate of drug-likeness (QED) is 0.478. The number of nitrogens with zero attached hydrogens (tertiary/aromatic N) is 1. The lowest BCUT2D eigenvalue weighted by molar-refractivity contribution is 0.335. The molecule has 0 spiro atoms. The lowest BCUT2D eigenvalue weighted by Gasteiger charge is -2.30. The van der Waals surface area contributed by atoms with Crippen molar-refractivity contribution < 1.29 is 9.09 Å². The summed E-state index contributed by atoms with van der Waals surface area (Å²) in [4.78, 5) is 2.02. The molecule has 4 nitrogen and oxygen atoms in total. The molecular weight excluding hydrogens is 379 g/mol. The molecule has 0 aliphatic heterocycles. The molecule has 0 aliphatic rings. The number of nitrogens with one attached hydrogen (secondary N) is 1. The highest BCUT2D eigenvalue weighted by molar-refractivity contribution is 7.67. The van der Waals surface area contributed by atoms with E-state index in [0.717, 1.165) is 22.5 Å². The van der Waals surface area contributed by atoms with Gasteiger partial charge in [-0.3, -0.25) is 4.57 Å². The third-order valence-electron chi connectivity index (χ3n) is 4.86. The number of aryl methyl sites for hydroxylation is 1. The van der Waals surface area contributed by atoms with Crippen LogP contribution in [-0.2, 0) is 9.09 Å². The fourth-order valence-corrected chi connectivity index (χ4v) is 5.68. The SMILES string of the molecule is CCO[P@](=O)(c1ccc(N(C)C)cc1)[C@@H](Nc1ccccc1)c1ccc(C)cc1. The van der Waals surface area contributed by atoms with E-state index in [1.54, 1.807) is 0 Å². The Morgan fingerprint density at radius 1 is 0.931 bits per heavy atom. The Bertz CT molecular complexity index is 954. The molecule has 0 saturated heterocycles. The molecule has 2 atom stereocenters. The molecule has 0 aromatic heterocycles. The van der Waals surface area contributed by atoms with E-state index in [1.165, 1.54) is 0 Å². The second kappa shape index (κ2) is 9.30. The molecule has 0 saturated carbocycles. The highest BCUT2D eigenvalue weighted by Crippen LogP contribution is 2.59. The molecule has 1 N–H and O–H groups in total. The monoisotopic (exact) mass is 408 g/mol. The van der Waals surface area contributed by atoms with Crippen LogP contribution in [0.5, 0.6) is 0 Å². The van der Waals surface area contributed by atoms with E-state index in [4.69, 9.17) is 4.52 Å². The van der Waals surface area contributed by atoms with Crippen LogP contribution in [-0.4, -0.2) is 20.7 Å². The largest absolute Gasteiger partial charge is 0.378 e. The summed E-state index contributed by atoms with van der Waals surface area (Å²) in [7, 11) is 0.715. The van der Waals surface area contributed by atoms with E-state index in [2.05, 4.69) is 5.32 Å². The first-order valence-corrected chi connectivity index (χ1v) is 11.5. The van der Waals surface area contributed by atoms with Crippen LogP contribution in [0, 0.1) is 6.92 Å². The van der Waals surface area contributed by atoms with Crippen molar-refractivity contribution in [3.05, 3.63) is 90.0 Å². The Balaban J connectivity index is 2.09. The van der Waals surface area contributed by atoms with Gasteiger partial charge >= 0.3 is 0 Å². The topological polar surface area (TPSA) is 41.6 Å². The second-order valence-corrected chi connectivity index (χ2v) is 9.73. The second-order valence-electron chi connectivity index (χ2n) is 7.25. The van der Waals surface area contributed by atoms with Crippen LogP contribution in [0.2, 0.25) is 0 Å². The molecule has 152 valence electrons. The zero-order chi connectivity index (χ0) is 20.9. The molecule has 0 amide bonds. The molecule has 29 heavy (non-hydrogen) atoms. The smallest absolute Gasteiger partial charge is 0.258 e. The van der Waals surface area contributed by atoms with E-state index in [9.17, 15) is 4.57 Å². The normalized spacial score (nSPS) is 14.1. The van der Waals surface area contributed by atoms with Crippen molar-refractivity contribution in [1.29, 1.82) is 0 Å². The summed E-state index contributed by atoms with van der Waals surface area (Å²) in [6.07, 6.45) is 0. The summed E-state index contributed by atoms with van der Waals surface area (Å²) in [6.45, 7) is 4.30. The number of rotatable bonds is 8. The first-order chi connectivity index (χ1) is 13.9. The van der Waals surface area contributed by atoms with E-state index in [1.807, 2.05) is 112 Å². The Morgan fingerprint density at radius 3 is 2.10 bits per heavy atom. The summed E-state index contributed by atoms with van der Waals surface area (Å²) in [6, 6.07) is 25.8. The number of para-hydroxylation sites is 1. The third-order valence-corrected chi connectivity index (χ3v) is 7.62. The summed E-state index contributed by atoms with van der Waals surface area (Å²) in [5.41, 5.74) is 4.06. The lowest BCUT2D eigenvalue weighted by atomic mass is 10.1. The van der Waals surface area contributed by atoms with Crippen LogP contribution in [0.1, 0.15) is 23.8 Å². The van der Waals surface area contributed by atoms with Crippen molar-refractivity contribution in [2.45, 2.75) is 19.6 Å². The van der Waals surface area contributed by atoms with Crippen LogP contribution in [0.25, 0.3) is 0 Å². The summed E-state index contributed by atoms with van der Waals surface area (Å²) in [5, 5.41) is 4.18. The first kappa shape index (κ1) is 21.2. The maximum atomic E-state index is 14.4. The molecule has 0 radical (unpaired) electrons. The molecule has 0 unspecified atom stereocenters. The molecule has 5 heteroatoms. The van der Waals surface area contributed by atoms with Gasteiger partial charge in [0, 0.05) is 30.8 Å². The fourth-order valence-electron chi connectivity index (χ4n) is 3.25. The van der Waals surface area contributed by atoms with Gasteiger partial charge in [-0.05, 0) is 55.8 Å². The van der Waals surface area contributed by atoms with Gasteiger partial charge in [0.1, 0.15) is 5.78 Å². The molecule has 0 heterocycles. The maximum absolute atomic E-state index is 14.4. The van der Waals surface area contributed by atoms with Crippen LogP contribution >= 0.6 is 7.37 Å². The average molecular weight is 408 g/mol. The Kier molecular flexibility index (Phi) is 6.79. The van der Waals surface area contributed by atoms with Crippen molar-refractivity contribution >= 4 is 24.0 Å². The van der Waals surface area contributed by atoms with E-state index in [-0.39, 0.29) is 0 Å². The average Bonchev–Trinajstić information content (AvgIpc) is 2.74. The molecule has 0 fully saturated rings. The number of benzene rings is 3. The minimum Gasteiger partial charge on any atom is -0.378 e. The Morgan fingerprint density at radius 2 is 1.55 bits per heavy atom. The van der Waals surface area contributed by atoms with Gasteiger partial charge in [0.2, 0.25) is 0 Å². The van der Waals surface area contributed by atoms with Crippen LogP contribution in [0.3, 0.4) is 0 Å². The van der Waals surface area contributed by atoms with Crippen molar-refractivity contribution in [3.8, 4) is 0 Å². The van der Waals surface area contributed by atoms with Gasteiger partial charge < -0.3 is 14.7 Å². The highest BCUT2D eigenvalue weighted by Gasteiger charge is 2.37. The van der Waals surface area contributed by atoms with E-state index < -0.39 is 13.2 Å². The molecule has 0 aliphatic carbocycles. The molecular formula is C24H29N2O2P. The Labute approximate surface area is 174 Å². The minimum atomic E-state index is -3.26. The van der Waals surface area contributed by atoms with Crippen molar-refractivity contribution in [3.63, 3.8) is 0 Å². The minimum absolute atomic E-state index is 0.367. The molecule has 3 rings (SSSR count). The van der Waals surface area contributed by atoms with Crippen molar-refractivity contribution in [2.75, 3.05) is 30.9 Å². The van der Waals surface area contributed by atoms with Crippen molar-refractivity contribution in [1.82, 2.24) is 0 Å². The fraction of sp³-hybridized carbons (Fsp3) is 0.250. The zero-order valence-corrected chi connectivity index (χ0v) is 18.4. The lowest BCUT2D eigenvalue weighted by Crippen LogP contribution is -2.21. The third kappa shape index (κ3) is 4.90. The summed E-state index contributed by atoms with van der Waals surface area (Å²) < 4.78 is 20.4. The van der Waals surface area contributed by atoms with Gasteiger partial charge in [-0.1, -0.05) is 48.0 Å². The van der Waals surface area contributed by atoms with Crippen LogP contribution in [0.15, 0.2) is 78.9 Å². The van der Waals surface area contributed by atoms with Crippen LogP contribution < -0.4 is 15.5 Å². The van der Waals surface area contributed by atoms with Crippen LogP contribution in [0.4, 0.5) is 11.4 Å².